The molecule has 3 aromatic carbocycles. The van der Waals surface area contributed by atoms with Gasteiger partial charge in [0.15, 0.2) is 0 Å². The van der Waals surface area contributed by atoms with Gasteiger partial charge in [-0.25, -0.2) is 18.7 Å². The fourth-order valence-electron chi connectivity index (χ4n) is 7.04. The van der Waals surface area contributed by atoms with Crippen molar-refractivity contribution in [1.82, 2.24) is 29.7 Å². The quantitative estimate of drug-likeness (QED) is 0.0600. The van der Waals surface area contributed by atoms with E-state index in [4.69, 9.17) is 20.4 Å². The highest BCUT2D eigenvalue weighted by molar-refractivity contribution is 6.04. The molecule has 0 saturated heterocycles. The molecule has 14 heteroatoms. The molecule has 7 rings (SSSR count). The van der Waals surface area contributed by atoms with Crippen LogP contribution in [-0.2, 0) is 39.3 Å². The van der Waals surface area contributed by atoms with Gasteiger partial charge in [0.25, 0.3) is 11.8 Å². The van der Waals surface area contributed by atoms with Gasteiger partial charge in [-0.2, -0.15) is 0 Å². The summed E-state index contributed by atoms with van der Waals surface area (Å²) >= 11 is 0. The number of nitrogens with zero attached hydrogens (tertiary/aromatic N) is 6. The molecule has 0 fully saturated rings. The predicted octanol–water partition coefficient (Wildman–Crippen LogP) is 8.57. The van der Waals surface area contributed by atoms with Gasteiger partial charge in [0, 0.05) is 62.8 Å². The van der Waals surface area contributed by atoms with E-state index in [1.54, 1.807) is 24.5 Å². The number of aromatic nitrogens is 4. The minimum Gasteiger partial charge on any atom is -0.494 e. The number of carbonyl (C=O) groups is 2. The van der Waals surface area contributed by atoms with E-state index in [1.165, 1.54) is 48.5 Å². The first-order valence-corrected chi connectivity index (χ1v) is 21.0. The molecule has 0 unspecified atom stereocenters. The summed E-state index contributed by atoms with van der Waals surface area (Å²) in [5.74, 6) is -0.136. The maximum absolute atomic E-state index is 13.5. The Morgan fingerprint density at radius 3 is 1.42 bits per heavy atom. The minimum absolute atomic E-state index is 0.321. The third-order valence-electron chi connectivity index (χ3n) is 10.0. The van der Waals surface area contributed by atoms with Crippen LogP contribution in [0.4, 0.5) is 20.4 Å². The first-order valence-electron chi connectivity index (χ1n) is 21.0. The number of halogens is 2. The third kappa shape index (κ3) is 13.9. The molecule has 7 aromatic rings. The van der Waals surface area contributed by atoms with E-state index in [0.29, 0.717) is 75.2 Å². The summed E-state index contributed by atoms with van der Waals surface area (Å²) in [5.41, 5.74) is 11.7. The zero-order valence-electron chi connectivity index (χ0n) is 35.2. The zero-order chi connectivity index (χ0) is 44.5. The van der Waals surface area contributed by atoms with E-state index in [9.17, 15) is 18.4 Å². The Hall–Kier alpha value is -7.26. The molecule has 0 aliphatic rings. The Morgan fingerprint density at radius 2 is 0.984 bits per heavy atom. The summed E-state index contributed by atoms with van der Waals surface area (Å²) in [6.45, 7) is 3.99. The Kier molecular flexibility index (Phi) is 15.9. The topological polar surface area (TPSA) is 151 Å². The first kappa shape index (κ1) is 44.8. The van der Waals surface area contributed by atoms with Crippen molar-refractivity contribution in [2.24, 2.45) is 5.73 Å². The SMILES string of the molecule is NCCCCOc1cc(CN(Cc2ccccn2)Cc2cccc(NC(=O)c3ccc(F)cc3)n2)cc(CN(Cc2ccccn2)Cc2cccc(NC(=O)c3ccc(F)cc3)n2)c1. The second-order valence-corrected chi connectivity index (χ2v) is 15.2. The lowest BCUT2D eigenvalue weighted by molar-refractivity contribution is 0.101. The van der Waals surface area contributed by atoms with Gasteiger partial charge >= 0.3 is 0 Å². The van der Waals surface area contributed by atoms with Crippen LogP contribution in [0.2, 0.25) is 0 Å². The van der Waals surface area contributed by atoms with Gasteiger partial charge in [-0.15, -0.1) is 0 Å². The third-order valence-corrected chi connectivity index (χ3v) is 10.0. The van der Waals surface area contributed by atoms with Crippen molar-refractivity contribution < 1.29 is 23.1 Å². The van der Waals surface area contributed by atoms with Crippen LogP contribution < -0.4 is 21.1 Å². The van der Waals surface area contributed by atoms with Crippen LogP contribution in [0, 0.1) is 11.6 Å². The lowest BCUT2D eigenvalue weighted by Gasteiger charge is -2.25. The van der Waals surface area contributed by atoms with E-state index < -0.39 is 11.6 Å². The molecule has 0 atom stereocenters. The Balaban J connectivity index is 1.14. The van der Waals surface area contributed by atoms with Crippen LogP contribution >= 0.6 is 0 Å². The smallest absolute Gasteiger partial charge is 0.256 e. The number of pyridine rings is 4. The molecule has 0 aliphatic heterocycles. The van der Waals surface area contributed by atoms with Crippen LogP contribution in [0.5, 0.6) is 5.75 Å². The average molecular weight is 862 g/mol. The number of hydrogen-bond donors (Lipinski definition) is 3. The van der Waals surface area contributed by atoms with Crippen molar-refractivity contribution in [3.8, 4) is 5.75 Å². The number of ether oxygens (including phenoxy) is 1. The van der Waals surface area contributed by atoms with Crippen LogP contribution in [0.15, 0.2) is 152 Å². The monoisotopic (exact) mass is 861 g/mol. The lowest BCUT2D eigenvalue weighted by Crippen LogP contribution is -2.25. The largest absolute Gasteiger partial charge is 0.494 e. The molecule has 0 aliphatic carbocycles. The van der Waals surface area contributed by atoms with Crippen LogP contribution in [-0.4, -0.2) is 54.7 Å². The maximum Gasteiger partial charge on any atom is 0.256 e. The number of unbranched alkanes of at least 4 members (excludes halogenated alkanes) is 1. The van der Waals surface area contributed by atoms with Crippen molar-refractivity contribution >= 4 is 23.5 Å². The standard InChI is InChI=1S/C50H49F2N9O3/c51-40-19-15-38(16-20-40)49(62)58-47-13-7-11-44(56-47)34-60(32-42-9-1-4-24-54-42)30-36-27-37(29-46(28-36)64-26-6-3-23-53)31-61(33-43-10-2-5-25-55-43)35-45-12-8-14-48(57-45)59-50(63)39-17-21-41(52)22-18-39/h1-2,4-5,7-22,24-25,27-29H,3,6,23,26,30-35,53H2,(H,56,58,62)(H,57,59,63). The number of hydrogen-bond acceptors (Lipinski definition) is 10. The molecule has 0 spiro atoms. The van der Waals surface area contributed by atoms with Gasteiger partial charge < -0.3 is 21.1 Å². The number of nitrogens with one attached hydrogen (secondary N) is 2. The van der Waals surface area contributed by atoms with E-state index in [2.05, 4.69) is 48.6 Å². The van der Waals surface area contributed by atoms with Gasteiger partial charge in [0.2, 0.25) is 0 Å². The molecular formula is C50H49F2N9O3. The maximum atomic E-state index is 13.5. The van der Waals surface area contributed by atoms with E-state index in [1.807, 2.05) is 60.7 Å². The zero-order valence-corrected chi connectivity index (χ0v) is 35.2. The highest BCUT2D eigenvalue weighted by Crippen LogP contribution is 2.24. The van der Waals surface area contributed by atoms with Gasteiger partial charge in [-0.05, 0) is 140 Å². The van der Waals surface area contributed by atoms with Crippen LogP contribution in [0.1, 0.15) is 67.5 Å². The van der Waals surface area contributed by atoms with Crippen molar-refractivity contribution in [3.05, 3.63) is 209 Å². The molecule has 2 amide bonds. The molecule has 4 heterocycles. The molecule has 12 nitrogen and oxygen atoms in total. The molecule has 4 N–H and O–H groups in total. The van der Waals surface area contributed by atoms with Gasteiger partial charge in [-0.3, -0.25) is 29.4 Å². The molecule has 64 heavy (non-hydrogen) atoms. The molecule has 0 saturated carbocycles. The minimum atomic E-state index is -0.421. The average Bonchev–Trinajstić information content (AvgIpc) is 3.29. The number of rotatable bonds is 21. The van der Waals surface area contributed by atoms with Crippen molar-refractivity contribution in [2.45, 2.75) is 52.1 Å². The number of anilines is 2. The number of amides is 2. The summed E-state index contributed by atoms with van der Waals surface area (Å²) in [6.07, 6.45) is 5.19. The fourth-order valence-corrected chi connectivity index (χ4v) is 7.04. The molecule has 326 valence electrons. The highest BCUT2D eigenvalue weighted by Gasteiger charge is 2.17. The number of benzene rings is 3. The second-order valence-electron chi connectivity index (χ2n) is 15.2. The van der Waals surface area contributed by atoms with Crippen molar-refractivity contribution in [2.75, 3.05) is 23.8 Å². The summed E-state index contributed by atoms with van der Waals surface area (Å²) < 4.78 is 33.4. The summed E-state index contributed by atoms with van der Waals surface area (Å²) in [4.78, 5) is 49.2. The molecule has 0 radical (unpaired) electrons. The Labute approximate surface area is 371 Å². The predicted molar refractivity (Wildman–Crippen MR) is 242 cm³/mol. The van der Waals surface area contributed by atoms with E-state index in [-0.39, 0.29) is 11.8 Å². The van der Waals surface area contributed by atoms with Crippen LogP contribution in [0.25, 0.3) is 0 Å². The van der Waals surface area contributed by atoms with E-state index in [0.717, 1.165) is 52.5 Å². The highest BCUT2D eigenvalue weighted by atomic mass is 19.1. The van der Waals surface area contributed by atoms with Gasteiger partial charge in [0.1, 0.15) is 29.0 Å². The fraction of sp³-hybridized carbons (Fsp3) is 0.200. The van der Waals surface area contributed by atoms with E-state index >= 15 is 0 Å². The van der Waals surface area contributed by atoms with Crippen molar-refractivity contribution in [1.29, 1.82) is 0 Å². The number of nitrogens with two attached hydrogens (primary N) is 1. The summed E-state index contributed by atoms with van der Waals surface area (Å²) in [5, 5.41) is 5.67. The van der Waals surface area contributed by atoms with Gasteiger partial charge in [-0.1, -0.05) is 30.3 Å². The summed E-state index contributed by atoms with van der Waals surface area (Å²) in [6, 6.07) is 39.6. The first-order chi connectivity index (χ1) is 31.2. The second kappa shape index (κ2) is 22.7. The Bertz CT molecular complexity index is 2420. The molecular weight excluding hydrogens is 813 g/mol. The molecule has 4 aromatic heterocycles. The van der Waals surface area contributed by atoms with Gasteiger partial charge in [0.05, 0.1) is 29.4 Å². The van der Waals surface area contributed by atoms with Crippen molar-refractivity contribution in [3.63, 3.8) is 0 Å². The summed E-state index contributed by atoms with van der Waals surface area (Å²) in [7, 11) is 0. The number of carbonyl (C=O) groups excluding carboxylic acids is 2. The normalized spacial score (nSPS) is 11.1. The lowest BCUT2D eigenvalue weighted by atomic mass is 10.1. The van der Waals surface area contributed by atoms with Crippen LogP contribution in [0.3, 0.4) is 0 Å². The Morgan fingerprint density at radius 1 is 0.531 bits per heavy atom. The molecule has 0 bridgehead atoms.